The number of hydrogen-bond acceptors (Lipinski definition) is 1. The molecule has 6 rings (SSSR count). The Labute approximate surface area is 192 Å². The summed E-state index contributed by atoms with van der Waals surface area (Å²) in [7, 11) is 0. The molecular formula is C31H23NO. The third-order valence-corrected chi connectivity index (χ3v) is 6.47. The molecule has 0 bridgehead atoms. The third kappa shape index (κ3) is 3.28. The van der Waals surface area contributed by atoms with Crippen LogP contribution in [0.15, 0.2) is 121 Å². The molecule has 2 heteroatoms. The molecule has 0 aliphatic carbocycles. The minimum atomic E-state index is -0.149. The lowest BCUT2D eigenvalue weighted by Crippen LogP contribution is -2.06. The third-order valence-electron chi connectivity index (χ3n) is 6.47. The van der Waals surface area contributed by atoms with Gasteiger partial charge in [-0.05, 0) is 39.6 Å². The van der Waals surface area contributed by atoms with Crippen molar-refractivity contribution in [3.8, 4) is 17.0 Å². The standard InChI is InChI=1S/C31H23NO/c33-27-20-19-21-11-7-8-16-24(21)29(27)28(22-12-3-1-4-13-22)30-25-17-9-10-18-26(25)32-31(30)23-14-5-2-6-15-23/h1-20,28,32-33H/t28-/m0/s1. The molecule has 1 heterocycles. The lowest BCUT2D eigenvalue weighted by atomic mass is 9.80. The molecule has 2 nitrogen and oxygen atoms in total. The van der Waals surface area contributed by atoms with Crippen LogP contribution in [0, 0.1) is 0 Å². The van der Waals surface area contributed by atoms with Crippen LogP contribution >= 0.6 is 0 Å². The van der Waals surface area contributed by atoms with Crippen molar-refractivity contribution in [1.29, 1.82) is 0 Å². The lowest BCUT2D eigenvalue weighted by molar-refractivity contribution is 0.468. The molecule has 0 fully saturated rings. The van der Waals surface area contributed by atoms with Crippen LogP contribution in [-0.4, -0.2) is 10.1 Å². The van der Waals surface area contributed by atoms with E-state index in [1.54, 1.807) is 0 Å². The molecule has 5 aromatic carbocycles. The van der Waals surface area contributed by atoms with Gasteiger partial charge in [-0.1, -0.05) is 109 Å². The topological polar surface area (TPSA) is 36.0 Å². The van der Waals surface area contributed by atoms with E-state index in [1.165, 1.54) is 5.56 Å². The van der Waals surface area contributed by atoms with E-state index < -0.39 is 0 Å². The molecule has 2 N–H and O–H groups in total. The van der Waals surface area contributed by atoms with Crippen LogP contribution in [0.1, 0.15) is 22.6 Å². The summed E-state index contributed by atoms with van der Waals surface area (Å²) in [4.78, 5) is 3.69. The van der Waals surface area contributed by atoms with Gasteiger partial charge >= 0.3 is 0 Å². The average molecular weight is 426 g/mol. The normalized spacial score (nSPS) is 12.2. The van der Waals surface area contributed by atoms with Crippen LogP contribution in [0.3, 0.4) is 0 Å². The second kappa shape index (κ2) is 7.99. The van der Waals surface area contributed by atoms with Gasteiger partial charge in [0.15, 0.2) is 0 Å². The predicted molar refractivity (Wildman–Crippen MR) is 137 cm³/mol. The summed E-state index contributed by atoms with van der Waals surface area (Å²) in [5, 5.41) is 14.6. The van der Waals surface area contributed by atoms with Gasteiger partial charge < -0.3 is 10.1 Å². The zero-order chi connectivity index (χ0) is 22.2. The van der Waals surface area contributed by atoms with E-state index in [1.807, 2.05) is 36.4 Å². The number of nitrogens with one attached hydrogen (secondary N) is 1. The maximum Gasteiger partial charge on any atom is 0.120 e. The first-order valence-corrected chi connectivity index (χ1v) is 11.2. The Hall–Kier alpha value is -4.30. The number of rotatable bonds is 4. The van der Waals surface area contributed by atoms with Crippen LogP contribution in [0.25, 0.3) is 32.9 Å². The average Bonchev–Trinajstić information content (AvgIpc) is 3.26. The Morgan fingerprint density at radius 3 is 1.97 bits per heavy atom. The van der Waals surface area contributed by atoms with E-state index in [2.05, 4.69) is 89.9 Å². The first-order chi connectivity index (χ1) is 16.3. The summed E-state index contributed by atoms with van der Waals surface area (Å²) in [6.07, 6.45) is 0. The number of phenolic OH excluding ortho intramolecular Hbond substituents is 1. The molecule has 0 aliphatic rings. The Morgan fingerprint density at radius 2 is 1.18 bits per heavy atom. The first-order valence-electron chi connectivity index (χ1n) is 11.2. The quantitative estimate of drug-likeness (QED) is 0.296. The van der Waals surface area contributed by atoms with Crippen LogP contribution in [-0.2, 0) is 0 Å². The number of hydrogen-bond donors (Lipinski definition) is 2. The van der Waals surface area contributed by atoms with Gasteiger partial charge in [0.2, 0.25) is 0 Å². The fraction of sp³-hybridized carbons (Fsp3) is 0.0323. The van der Waals surface area contributed by atoms with Crippen LogP contribution in [0.4, 0.5) is 0 Å². The maximum atomic E-state index is 11.3. The van der Waals surface area contributed by atoms with Gasteiger partial charge in [-0.3, -0.25) is 0 Å². The molecule has 1 aromatic heterocycles. The number of H-pyrrole nitrogens is 1. The summed E-state index contributed by atoms with van der Waals surface area (Å²) in [5.74, 6) is 0.163. The highest BCUT2D eigenvalue weighted by Gasteiger charge is 2.28. The molecule has 0 amide bonds. The van der Waals surface area contributed by atoms with Crippen molar-refractivity contribution in [2.45, 2.75) is 5.92 Å². The summed E-state index contributed by atoms with van der Waals surface area (Å²) < 4.78 is 0. The van der Waals surface area contributed by atoms with Crippen molar-refractivity contribution in [3.63, 3.8) is 0 Å². The minimum absolute atomic E-state index is 0.149. The van der Waals surface area contributed by atoms with E-state index in [-0.39, 0.29) is 5.92 Å². The molecular weight excluding hydrogens is 402 g/mol. The van der Waals surface area contributed by atoms with E-state index in [9.17, 15) is 5.11 Å². The minimum Gasteiger partial charge on any atom is -0.508 e. The molecule has 0 spiro atoms. The highest BCUT2D eigenvalue weighted by Crippen LogP contribution is 2.46. The van der Waals surface area contributed by atoms with Crippen molar-refractivity contribution in [1.82, 2.24) is 4.98 Å². The highest BCUT2D eigenvalue weighted by atomic mass is 16.3. The van der Waals surface area contributed by atoms with Gasteiger partial charge in [0.05, 0.1) is 5.69 Å². The van der Waals surface area contributed by atoms with Crippen molar-refractivity contribution in [2.24, 2.45) is 0 Å². The van der Waals surface area contributed by atoms with Gasteiger partial charge in [-0.25, -0.2) is 0 Å². The fourth-order valence-corrected chi connectivity index (χ4v) is 5.01. The monoisotopic (exact) mass is 425 g/mol. The zero-order valence-electron chi connectivity index (χ0n) is 18.1. The SMILES string of the molecule is Oc1ccc2ccccc2c1[C@H](c1ccccc1)c1c(-c2ccccc2)[nH]c2ccccc12. The molecule has 0 aliphatic heterocycles. The Kier molecular flexibility index (Phi) is 4.70. The number of aromatic amines is 1. The first kappa shape index (κ1) is 19.4. The molecule has 1 atom stereocenters. The fourth-order valence-electron chi connectivity index (χ4n) is 5.01. The lowest BCUT2D eigenvalue weighted by Gasteiger charge is -2.23. The summed E-state index contributed by atoms with van der Waals surface area (Å²) in [6.45, 7) is 0. The van der Waals surface area contributed by atoms with Gasteiger partial charge in [0.1, 0.15) is 5.75 Å². The molecule has 0 radical (unpaired) electrons. The van der Waals surface area contributed by atoms with Crippen molar-refractivity contribution in [3.05, 3.63) is 138 Å². The van der Waals surface area contributed by atoms with Gasteiger partial charge in [-0.2, -0.15) is 0 Å². The predicted octanol–water partition coefficient (Wildman–Crippen LogP) is 7.87. The van der Waals surface area contributed by atoms with Crippen LogP contribution in [0.5, 0.6) is 5.75 Å². The van der Waals surface area contributed by atoms with E-state index in [0.29, 0.717) is 5.75 Å². The summed E-state index contributed by atoms with van der Waals surface area (Å²) >= 11 is 0. The van der Waals surface area contributed by atoms with Crippen molar-refractivity contribution in [2.75, 3.05) is 0 Å². The van der Waals surface area contributed by atoms with E-state index in [0.717, 1.165) is 44.1 Å². The maximum absolute atomic E-state index is 11.3. The number of aromatic hydroxyl groups is 1. The van der Waals surface area contributed by atoms with Crippen LogP contribution < -0.4 is 0 Å². The Balaban J connectivity index is 1.76. The van der Waals surface area contributed by atoms with Crippen LogP contribution in [0.2, 0.25) is 0 Å². The van der Waals surface area contributed by atoms with Crippen molar-refractivity contribution < 1.29 is 5.11 Å². The molecule has 33 heavy (non-hydrogen) atoms. The Morgan fingerprint density at radius 1 is 0.545 bits per heavy atom. The number of aromatic nitrogens is 1. The highest BCUT2D eigenvalue weighted by molar-refractivity contribution is 5.95. The molecule has 158 valence electrons. The summed E-state index contributed by atoms with van der Waals surface area (Å²) in [5.41, 5.74) is 6.55. The number of fused-ring (bicyclic) bond motifs is 2. The van der Waals surface area contributed by atoms with Gasteiger partial charge in [-0.15, -0.1) is 0 Å². The Bertz CT molecular complexity index is 1570. The second-order valence-electron chi connectivity index (χ2n) is 8.39. The number of phenols is 1. The zero-order valence-corrected chi connectivity index (χ0v) is 18.1. The summed E-state index contributed by atoms with van der Waals surface area (Å²) in [6, 6.07) is 41.5. The smallest absolute Gasteiger partial charge is 0.120 e. The molecule has 0 unspecified atom stereocenters. The second-order valence-corrected chi connectivity index (χ2v) is 8.39. The molecule has 6 aromatic rings. The molecule has 0 saturated carbocycles. The molecule has 0 saturated heterocycles. The largest absolute Gasteiger partial charge is 0.508 e. The van der Waals surface area contributed by atoms with Crippen molar-refractivity contribution >= 4 is 21.7 Å². The van der Waals surface area contributed by atoms with Gasteiger partial charge in [0, 0.05) is 22.4 Å². The van der Waals surface area contributed by atoms with E-state index in [4.69, 9.17) is 0 Å². The number of benzene rings is 5. The number of para-hydroxylation sites is 1. The van der Waals surface area contributed by atoms with E-state index >= 15 is 0 Å². The van der Waals surface area contributed by atoms with Gasteiger partial charge in [0.25, 0.3) is 0 Å².